The van der Waals surface area contributed by atoms with Crippen molar-refractivity contribution in [1.29, 1.82) is 0 Å². The Hall–Kier alpha value is -1.88. The summed E-state index contributed by atoms with van der Waals surface area (Å²) in [6.07, 6.45) is 0.646. The summed E-state index contributed by atoms with van der Waals surface area (Å²) in [5.74, 6) is -0.290. The number of nitrogens with two attached hydrogens (primary N) is 2. The van der Waals surface area contributed by atoms with Crippen molar-refractivity contribution < 1.29 is 9.59 Å². The Labute approximate surface area is 113 Å². The van der Waals surface area contributed by atoms with Gasteiger partial charge in [0.05, 0.1) is 6.04 Å². The van der Waals surface area contributed by atoms with E-state index in [-0.39, 0.29) is 5.91 Å². The summed E-state index contributed by atoms with van der Waals surface area (Å²) in [7, 11) is 0. The maximum atomic E-state index is 11.7. The lowest BCUT2D eigenvalue weighted by atomic mass is 10.0. The lowest BCUT2D eigenvalue weighted by molar-refractivity contribution is -0.122. The van der Waals surface area contributed by atoms with E-state index in [0.29, 0.717) is 24.4 Å². The summed E-state index contributed by atoms with van der Waals surface area (Å²) in [4.78, 5) is 22.8. The number of hydrogen-bond donors (Lipinski definition) is 3. The number of nitrogens with one attached hydrogen (secondary N) is 1. The molecule has 0 aliphatic rings. The van der Waals surface area contributed by atoms with Crippen LogP contribution in [0.4, 0.5) is 0 Å². The number of rotatable bonds is 6. The largest absolute Gasteiger partial charge is 0.366 e. The minimum atomic E-state index is -0.501. The summed E-state index contributed by atoms with van der Waals surface area (Å²) in [6, 6.07) is 6.35. The number of benzene rings is 1. The standard InChI is InChI=1S/C14H21N3O2/c1-9(2)6-12(15)14(19)17-8-10-4-3-5-11(7-10)13(16)18/h3-5,7,9,12H,6,8,15H2,1-2H3,(H2,16,18)(H,17,19). The van der Waals surface area contributed by atoms with Gasteiger partial charge in [0.2, 0.25) is 11.8 Å². The van der Waals surface area contributed by atoms with E-state index in [1.165, 1.54) is 0 Å². The molecule has 104 valence electrons. The van der Waals surface area contributed by atoms with Gasteiger partial charge in [-0.15, -0.1) is 0 Å². The third-order valence-electron chi connectivity index (χ3n) is 2.74. The van der Waals surface area contributed by atoms with Crippen molar-refractivity contribution in [3.05, 3.63) is 35.4 Å². The molecule has 0 aliphatic heterocycles. The number of primary amides is 1. The molecule has 0 heterocycles. The predicted octanol–water partition coefficient (Wildman–Crippen LogP) is 0.775. The van der Waals surface area contributed by atoms with Gasteiger partial charge in [0.15, 0.2) is 0 Å². The van der Waals surface area contributed by atoms with Crippen molar-refractivity contribution in [2.24, 2.45) is 17.4 Å². The van der Waals surface area contributed by atoms with Crippen LogP contribution in [0.3, 0.4) is 0 Å². The van der Waals surface area contributed by atoms with Gasteiger partial charge < -0.3 is 16.8 Å². The molecule has 1 aromatic carbocycles. The van der Waals surface area contributed by atoms with Gasteiger partial charge in [-0.2, -0.15) is 0 Å². The van der Waals surface area contributed by atoms with Gasteiger partial charge >= 0.3 is 0 Å². The molecular formula is C14H21N3O2. The van der Waals surface area contributed by atoms with Gasteiger partial charge in [0.25, 0.3) is 0 Å². The zero-order valence-electron chi connectivity index (χ0n) is 11.3. The van der Waals surface area contributed by atoms with E-state index < -0.39 is 11.9 Å². The van der Waals surface area contributed by atoms with Crippen LogP contribution >= 0.6 is 0 Å². The number of amides is 2. The Morgan fingerprint density at radius 2 is 2.00 bits per heavy atom. The van der Waals surface area contributed by atoms with Crippen molar-refractivity contribution in [2.75, 3.05) is 0 Å². The molecule has 0 saturated heterocycles. The van der Waals surface area contributed by atoms with Crippen LogP contribution in [-0.4, -0.2) is 17.9 Å². The summed E-state index contributed by atoms with van der Waals surface area (Å²) in [6.45, 7) is 4.37. The Morgan fingerprint density at radius 3 is 2.58 bits per heavy atom. The van der Waals surface area contributed by atoms with E-state index in [4.69, 9.17) is 11.5 Å². The average molecular weight is 263 g/mol. The smallest absolute Gasteiger partial charge is 0.248 e. The SMILES string of the molecule is CC(C)CC(N)C(=O)NCc1cccc(C(N)=O)c1. The first-order valence-corrected chi connectivity index (χ1v) is 6.32. The normalized spacial score (nSPS) is 12.2. The van der Waals surface area contributed by atoms with Gasteiger partial charge in [0.1, 0.15) is 0 Å². The van der Waals surface area contributed by atoms with Crippen LogP contribution in [0.2, 0.25) is 0 Å². The van der Waals surface area contributed by atoms with E-state index in [9.17, 15) is 9.59 Å². The van der Waals surface area contributed by atoms with Crippen LogP contribution in [0, 0.1) is 5.92 Å². The second-order valence-electron chi connectivity index (χ2n) is 5.02. The van der Waals surface area contributed by atoms with Crippen LogP contribution in [0.15, 0.2) is 24.3 Å². The summed E-state index contributed by atoms with van der Waals surface area (Å²) < 4.78 is 0. The quantitative estimate of drug-likeness (QED) is 0.707. The molecule has 0 aromatic heterocycles. The highest BCUT2D eigenvalue weighted by molar-refractivity contribution is 5.92. The first-order valence-electron chi connectivity index (χ1n) is 6.32. The summed E-state index contributed by atoms with van der Waals surface area (Å²) in [5, 5.41) is 2.75. The number of carbonyl (C=O) groups is 2. The molecule has 0 radical (unpaired) electrons. The highest BCUT2D eigenvalue weighted by atomic mass is 16.2. The van der Waals surface area contributed by atoms with Crippen LogP contribution in [0.5, 0.6) is 0 Å². The number of carbonyl (C=O) groups excluding carboxylic acids is 2. The van der Waals surface area contributed by atoms with Gasteiger partial charge in [-0.3, -0.25) is 9.59 Å². The monoisotopic (exact) mass is 263 g/mol. The Kier molecular flexibility index (Phi) is 5.51. The second kappa shape index (κ2) is 6.89. The first kappa shape index (κ1) is 15.2. The molecule has 0 bridgehead atoms. The maximum Gasteiger partial charge on any atom is 0.248 e. The number of hydrogen-bond acceptors (Lipinski definition) is 3. The van der Waals surface area contributed by atoms with Gasteiger partial charge in [-0.25, -0.2) is 0 Å². The van der Waals surface area contributed by atoms with Crippen molar-refractivity contribution >= 4 is 11.8 Å². The molecule has 1 unspecified atom stereocenters. The fourth-order valence-corrected chi connectivity index (χ4v) is 1.77. The van der Waals surface area contributed by atoms with Crippen molar-refractivity contribution in [1.82, 2.24) is 5.32 Å². The Balaban J connectivity index is 2.54. The topological polar surface area (TPSA) is 98.2 Å². The Morgan fingerprint density at radius 1 is 1.32 bits per heavy atom. The molecule has 5 N–H and O–H groups in total. The molecule has 0 aliphatic carbocycles. The molecule has 19 heavy (non-hydrogen) atoms. The summed E-state index contributed by atoms with van der Waals surface area (Å²) >= 11 is 0. The lowest BCUT2D eigenvalue weighted by Gasteiger charge is -2.14. The Bertz CT molecular complexity index is 458. The van der Waals surface area contributed by atoms with Crippen LogP contribution in [0.25, 0.3) is 0 Å². The first-order chi connectivity index (χ1) is 8.90. The second-order valence-corrected chi connectivity index (χ2v) is 5.02. The minimum Gasteiger partial charge on any atom is -0.366 e. The van der Waals surface area contributed by atoms with Gasteiger partial charge in [0, 0.05) is 12.1 Å². The summed E-state index contributed by atoms with van der Waals surface area (Å²) in [5.41, 5.74) is 12.2. The zero-order valence-corrected chi connectivity index (χ0v) is 11.3. The molecule has 1 rings (SSSR count). The van der Waals surface area contributed by atoms with E-state index in [2.05, 4.69) is 5.32 Å². The van der Waals surface area contributed by atoms with Crippen LogP contribution in [-0.2, 0) is 11.3 Å². The fraction of sp³-hybridized carbons (Fsp3) is 0.429. The molecule has 0 spiro atoms. The van der Waals surface area contributed by atoms with E-state index in [0.717, 1.165) is 5.56 Å². The molecule has 5 heteroatoms. The molecule has 2 amide bonds. The van der Waals surface area contributed by atoms with Crippen molar-refractivity contribution in [3.8, 4) is 0 Å². The van der Waals surface area contributed by atoms with Crippen LogP contribution < -0.4 is 16.8 Å². The maximum absolute atomic E-state index is 11.7. The van der Waals surface area contributed by atoms with Crippen molar-refractivity contribution in [2.45, 2.75) is 32.9 Å². The molecule has 0 fully saturated rings. The lowest BCUT2D eigenvalue weighted by Crippen LogP contribution is -2.41. The third kappa shape index (κ3) is 5.09. The van der Waals surface area contributed by atoms with Crippen molar-refractivity contribution in [3.63, 3.8) is 0 Å². The molecule has 5 nitrogen and oxygen atoms in total. The van der Waals surface area contributed by atoms with E-state index in [1.807, 2.05) is 19.9 Å². The van der Waals surface area contributed by atoms with Gasteiger partial charge in [-0.05, 0) is 30.0 Å². The van der Waals surface area contributed by atoms with Gasteiger partial charge in [-0.1, -0.05) is 26.0 Å². The van der Waals surface area contributed by atoms with Crippen LogP contribution in [0.1, 0.15) is 36.2 Å². The minimum absolute atomic E-state index is 0.182. The average Bonchev–Trinajstić information content (AvgIpc) is 2.35. The fourth-order valence-electron chi connectivity index (χ4n) is 1.77. The van der Waals surface area contributed by atoms with E-state index in [1.54, 1.807) is 18.2 Å². The highest BCUT2D eigenvalue weighted by Gasteiger charge is 2.14. The zero-order chi connectivity index (χ0) is 14.4. The molecule has 0 saturated carbocycles. The highest BCUT2D eigenvalue weighted by Crippen LogP contribution is 2.06. The molecule has 1 atom stereocenters. The predicted molar refractivity (Wildman–Crippen MR) is 74.2 cm³/mol. The van der Waals surface area contributed by atoms with E-state index >= 15 is 0 Å². The molecular weight excluding hydrogens is 242 g/mol. The molecule has 1 aromatic rings. The third-order valence-corrected chi connectivity index (χ3v) is 2.74.